The van der Waals surface area contributed by atoms with Crippen LogP contribution in [0.15, 0.2) is 6.07 Å². The minimum Gasteiger partial charge on any atom is -0.384 e. The topological polar surface area (TPSA) is 24.5 Å². The Morgan fingerprint density at radius 2 is 2.14 bits per heavy atom. The van der Waals surface area contributed by atoms with Gasteiger partial charge in [0.1, 0.15) is 0 Å². The summed E-state index contributed by atoms with van der Waals surface area (Å²) < 4.78 is 5.28. The summed E-state index contributed by atoms with van der Waals surface area (Å²) in [6.07, 6.45) is 3.76. The third-order valence-corrected chi connectivity index (χ3v) is 5.39. The maximum atomic E-state index is 5.28. The van der Waals surface area contributed by atoms with E-state index in [4.69, 9.17) is 4.74 Å². The molecule has 1 saturated heterocycles. The number of aryl methyl sites for hydroxylation is 1. The van der Waals surface area contributed by atoms with Gasteiger partial charge in [0, 0.05) is 36.6 Å². The van der Waals surface area contributed by atoms with E-state index >= 15 is 0 Å². The molecule has 1 aliphatic rings. The Bertz CT molecular complexity index is 411. The number of thiophene rings is 1. The van der Waals surface area contributed by atoms with Crippen LogP contribution in [0.3, 0.4) is 0 Å². The Morgan fingerprint density at radius 1 is 1.38 bits per heavy atom. The number of likely N-dealkylation sites (tertiary alicyclic amines) is 1. The lowest BCUT2D eigenvalue weighted by molar-refractivity contribution is 0.0968. The van der Waals surface area contributed by atoms with Crippen LogP contribution in [0.5, 0.6) is 0 Å². The third kappa shape index (κ3) is 5.37. The number of methoxy groups -OCH3 is 1. The Labute approximate surface area is 133 Å². The van der Waals surface area contributed by atoms with Crippen molar-refractivity contribution in [2.75, 3.05) is 33.4 Å². The zero-order valence-electron chi connectivity index (χ0n) is 13.8. The lowest BCUT2D eigenvalue weighted by Crippen LogP contribution is -2.34. The Kier molecular flexibility index (Phi) is 7.17. The van der Waals surface area contributed by atoms with Gasteiger partial charge in [0.2, 0.25) is 0 Å². The SMILES string of the molecule is CCCNCc1cc(CN2CCC(COC)CC2)c(C)s1. The molecule has 1 aliphatic heterocycles. The fraction of sp³-hybridized carbons (Fsp3) is 0.765. The van der Waals surface area contributed by atoms with Crippen molar-refractivity contribution in [3.05, 3.63) is 21.4 Å². The van der Waals surface area contributed by atoms with Crippen molar-refractivity contribution >= 4 is 11.3 Å². The summed E-state index contributed by atoms with van der Waals surface area (Å²) in [6.45, 7) is 11.1. The highest BCUT2D eigenvalue weighted by molar-refractivity contribution is 7.12. The molecule has 2 heterocycles. The van der Waals surface area contributed by atoms with Gasteiger partial charge in [-0.15, -0.1) is 11.3 Å². The van der Waals surface area contributed by atoms with Gasteiger partial charge in [-0.2, -0.15) is 0 Å². The molecule has 0 radical (unpaired) electrons. The average Bonchev–Trinajstić information content (AvgIpc) is 2.82. The minimum atomic E-state index is 0.767. The highest BCUT2D eigenvalue weighted by atomic mass is 32.1. The smallest absolute Gasteiger partial charge is 0.0491 e. The zero-order valence-corrected chi connectivity index (χ0v) is 14.6. The first-order valence-electron chi connectivity index (χ1n) is 8.23. The quantitative estimate of drug-likeness (QED) is 0.745. The molecule has 120 valence electrons. The maximum absolute atomic E-state index is 5.28. The Balaban J connectivity index is 1.80. The molecule has 3 nitrogen and oxygen atoms in total. The van der Waals surface area contributed by atoms with Crippen molar-refractivity contribution in [2.24, 2.45) is 5.92 Å². The van der Waals surface area contributed by atoms with Gasteiger partial charge in [-0.1, -0.05) is 6.92 Å². The molecule has 4 heteroatoms. The molecule has 0 aliphatic carbocycles. The van der Waals surface area contributed by atoms with Crippen LogP contribution in [0.25, 0.3) is 0 Å². The van der Waals surface area contributed by atoms with E-state index in [0.29, 0.717) is 0 Å². The molecule has 0 spiro atoms. The number of rotatable bonds is 8. The van der Waals surface area contributed by atoms with Crippen LogP contribution in [0.1, 0.15) is 41.5 Å². The molecule has 1 aromatic rings. The van der Waals surface area contributed by atoms with Crippen molar-refractivity contribution in [3.63, 3.8) is 0 Å². The van der Waals surface area contributed by atoms with Gasteiger partial charge in [-0.05, 0) is 63.4 Å². The predicted octanol–water partition coefficient (Wildman–Crippen LogP) is 3.41. The molecule has 0 saturated carbocycles. The van der Waals surface area contributed by atoms with E-state index < -0.39 is 0 Å². The first-order valence-corrected chi connectivity index (χ1v) is 9.04. The van der Waals surface area contributed by atoms with E-state index in [-0.39, 0.29) is 0 Å². The van der Waals surface area contributed by atoms with Crippen LogP contribution in [0, 0.1) is 12.8 Å². The van der Waals surface area contributed by atoms with Crippen LogP contribution < -0.4 is 5.32 Å². The molecule has 0 amide bonds. The number of ether oxygens (including phenoxy) is 1. The second-order valence-electron chi connectivity index (χ2n) is 6.15. The molecular weight excluding hydrogens is 280 g/mol. The van der Waals surface area contributed by atoms with E-state index in [0.717, 1.165) is 32.2 Å². The largest absolute Gasteiger partial charge is 0.384 e. The fourth-order valence-electron chi connectivity index (χ4n) is 3.01. The second-order valence-corrected chi connectivity index (χ2v) is 7.49. The van der Waals surface area contributed by atoms with Crippen molar-refractivity contribution in [1.29, 1.82) is 0 Å². The van der Waals surface area contributed by atoms with Crippen molar-refractivity contribution in [3.8, 4) is 0 Å². The molecule has 1 aromatic heterocycles. The van der Waals surface area contributed by atoms with Gasteiger partial charge in [-0.25, -0.2) is 0 Å². The zero-order chi connectivity index (χ0) is 15.1. The lowest BCUT2D eigenvalue weighted by atomic mass is 9.97. The minimum absolute atomic E-state index is 0.767. The van der Waals surface area contributed by atoms with E-state index in [1.165, 1.54) is 47.7 Å². The van der Waals surface area contributed by atoms with Gasteiger partial charge < -0.3 is 10.1 Å². The third-order valence-electron chi connectivity index (χ3n) is 4.30. The van der Waals surface area contributed by atoms with Gasteiger partial charge >= 0.3 is 0 Å². The summed E-state index contributed by atoms with van der Waals surface area (Å²) in [6, 6.07) is 2.41. The normalized spacial score (nSPS) is 17.5. The van der Waals surface area contributed by atoms with Crippen LogP contribution in [0.4, 0.5) is 0 Å². The number of hydrogen-bond acceptors (Lipinski definition) is 4. The first-order chi connectivity index (χ1) is 10.2. The summed E-state index contributed by atoms with van der Waals surface area (Å²) in [7, 11) is 1.81. The molecular formula is C17H30N2OS. The summed E-state index contributed by atoms with van der Waals surface area (Å²) in [5, 5.41) is 3.50. The molecule has 0 bridgehead atoms. The fourth-order valence-corrected chi connectivity index (χ4v) is 4.03. The van der Waals surface area contributed by atoms with E-state index in [2.05, 4.69) is 30.1 Å². The summed E-state index contributed by atoms with van der Waals surface area (Å²) in [5.41, 5.74) is 1.53. The Morgan fingerprint density at radius 3 is 2.81 bits per heavy atom. The monoisotopic (exact) mass is 310 g/mol. The van der Waals surface area contributed by atoms with Crippen molar-refractivity contribution < 1.29 is 4.74 Å². The van der Waals surface area contributed by atoms with E-state index in [1.54, 1.807) is 0 Å². The van der Waals surface area contributed by atoms with Gasteiger partial charge in [0.25, 0.3) is 0 Å². The summed E-state index contributed by atoms with van der Waals surface area (Å²) >= 11 is 1.95. The average molecular weight is 311 g/mol. The van der Waals surface area contributed by atoms with Crippen molar-refractivity contribution in [1.82, 2.24) is 10.2 Å². The maximum Gasteiger partial charge on any atom is 0.0491 e. The molecule has 1 fully saturated rings. The number of piperidine rings is 1. The second kappa shape index (κ2) is 8.89. The molecule has 21 heavy (non-hydrogen) atoms. The van der Waals surface area contributed by atoms with Crippen LogP contribution in [-0.2, 0) is 17.8 Å². The van der Waals surface area contributed by atoms with Gasteiger partial charge in [0.15, 0.2) is 0 Å². The number of nitrogens with zero attached hydrogens (tertiary/aromatic N) is 1. The summed E-state index contributed by atoms with van der Waals surface area (Å²) in [4.78, 5) is 5.57. The molecule has 1 N–H and O–H groups in total. The Hall–Kier alpha value is -0.420. The molecule has 0 unspecified atom stereocenters. The van der Waals surface area contributed by atoms with Crippen LogP contribution >= 0.6 is 11.3 Å². The van der Waals surface area contributed by atoms with Crippen LogP contribution in [-0.4, -0.2) is 38.3 Å². The highest BCUT2D eigenvalue weighted by Crippen LogP contribution is 2.25. The number of hydrogen-bond donors (Lipinski definition) is 1. The highest BCUT2D eigenvalue weighted by Gasteiger charge is 2.20. The number of nitrogens with one attached hydrogen (secondary N) is 1. The first kappa shape index (κ1) is 16.9. The summed E-state index contributed by atoms with van der Waals surface area (Å²) in [5.74, 6) is 0.767. The van der Waals surface area contributed by atoms with Crippen molar-refractivity contribution in [2.45, 2.75) is 46.2 Å². The van der Waals surface area contributed by atoms with Gasteiger partial charge in [0.05, 0.1) is 0 Å². The van der Waals surface area contributed by atoms with Gasteiger partial charge in [-0.3, -0.25) is 4.90 Å². The molecule has 0 atom stereocenters. The predicted molar refractivity (Wildman–Crippen MR) is 90.9 cm³/mol. The van der Waals surface area contributed by atoms with Crippen LogP contribution in [0.2, 0.25) is 0 Å². The molecule has 0 aromatic carbocycles. The van der Waals surface area contributed by atoms with E-state index in [1.807, 2.05) is 18.4 Å². The van der Waals surface area contributed by atoms with E-state index in [9.17, 15) is 0 Å². The standard InChI is InChI=1S/C17H30N2OS/c1-4-7-18-11-17-10-16(14(2)21-17)12-19-8-5-15(6-9-19)13-20-3/h10,15,18H,4-9,11-13H2,1-3H3. The lowest BCUT2D eigenvalue weighted by Gasteiger charge is -2.31. The molecule has 2 rings (SSSR count).